The van der Waals surface area contributed by atoms with Crippen LogP contribution in [-0.2, 0) is 0 Å². The molecule has 2 heteroatoms. The maximum atomic E-state index is 5.85. The molecule has 0 aromatic heterocycles. The van der Waals surface area contributed by atoms with Crippen molar-refractivity contribution in [1.82, 2.24) is 10.2 Å². The highest BCUT2D eigenvalue weighted by Gasteiger charge is 2.46. The van der Waals surface area contributed by atoms with Crippen LogP contribution in [0, 0.1) is 36.1 Å². The Morgan fingerprint density at radius 2 is 1.96 bits per heavy atom. The van der Waals surface area contributed by atoms with Crippen LogP contribution in [0.5, 0.6) is 0 Å². The molecular weight excluding hydrogens is 328 g/mol. The first-order valence-electron chi connectivity index (χ1n) is 10.9. The molecule has 4 unspecified atom stereocenters. The largest absolute Gasteiger partial charge is 0.386 e. The van der Waals surface area contributed by atoms with Gasteiger partial charge in [0.2, 0.25) is 0 Å². The Hall–Kier alpha value is -1.62. The van der Waals surface area contributed by atoms with E-state index in [9.17, 15) is 0 Å². The topological polar surface area (TPSA) is 15.3 Å². The minimum absolute atomic E-state index is 0.495. The van der Waals surface area contributed by atoms with Crippen molar-refractivity contribution in [3.8, 4) is 12.5 Å². The molecule has 150 valence electrons. The summed E-state index contributed by atoms with van der Waals surface area (Å²) in [5.74, 6) is 2.64. The Bertz CT molecular complexity index is 631. The molecule has 0 radical (unpaired) electrons. The monoisotopic (exact) mass is 368 g/mol. The molecule has 0 heterocycles. The molecular formula is C25H40N2. The number of rotatable bonds is 13. The van der Waals surface area contributed by atoms with Gasteiger partial charge in [0.25, 0.3) is 0 Å². The van der Waals surface area contributed by atoms with Gasteiger partial charge in [0.15, 0.2) is 0 Å². The second kappa shape index (κ2) is 9.54. The van der Waals surface area contributed by atoms with Gasteiger partial charge in [-0.2, -0.15) is 0 Å². The van der Waals surface area contributed by atoms with Crippen molar-refractivity contribution in [3.63, 3.8) is 0 Å². The summed E-state index contributed by atoms with van der Waals surface area (Å²) < 4.78 is 0. The molecule has 27 heavy (non-hydrogen) atoms. The second-order valence-electron chi connectivity index (χ2n) is 9.13. The molecule has 0 bridgehead atoms. The van der Waals surface area contributed by atoms with Gasteiger partial charge in [0.1, 0.15) is 0 Å². The van der Waals surface area contributed by atoms with E-state index in [2.05, 4.69) is 70.5 Å². The molecule has 1 N–H and O–H groups in total. The minimum Gasteiger partial charge on any atom is -0.386 e. The quantitative estimate of drug-likeness (QED) is 0.329. The maximum absolute atomic E-state index is 5.85. The first kappa shape index (κ1) is 21.7. The van der Waals surface area contributed by atoms with Gasteiger partial charge in [0.05, 0.1) is 0 Å². The van der Waals surface area contributed by atoms with E-state index in [1.165, 1.54) is 6.42 Å². The van der Waals surface area contributed by atoms with Gasteiger partial charge >= 0.3 is 0 Å². The fourth-order valence-electron chi connectivity index (χ4n) is 4.39. The number of hydrogen-bond acceptors (Lipinski definition) is 2. The van der Waals surface area contributed by atoms with Crippen LogP contribution < -0.4 is 5.32 Å². The normalized spacial score (nSPS) is 20.8. The summed E-state index contributed by atoms with van der Waals surface area (Å²) in [6, 6.07) is 3.43. The van der Waals surface area contributed by atoms with Crippen molar-refractivity contribution in [3.05, 3.63) is 35.1 Å². The first-order chi connectivity index (χ1) is 12.8. The first-order valence-corrected chi connectivity index (χ1v) is 10.9. The van der Waals surface area contributed by atoms with E-state index in [1.54, 1.807) is 16.7 Å². The third-order valence-electron chi connectivity index (χ3n) is 6.04. The molecule has 2 aliphatic carbocycles. The minimum atomic E-state index is 0.495. The summed E-state index contributed by atoms with van der Waals surface area (Å²) in [6.45, 7) is 19.7. The lowest BCUT2D eigenvalue weighted by Gasteiger charge is -2.29. The van der Waals surface area contributed by atoms with Gasteiger partial charge in [-0.3, -0.25) is 0 Å². The molecule has 4 atom stereocenters. The van der Waals surface area contributed by atoms with Gasteiger partial charge in [-0.15, -0.1) is 0 Å². The van der Waals surface area contributed by atoms with Crippen LogP contribution >= 0.6 is 0 Å². The zero-order chi connectivity index (χ0) is 20.1. The molecule has 2 rings (SSSR count). The van der Waals surface area contributed by atoms with E-state index >= 15 is 0 Å². The molecule has 2 nitrogen and oxygen atoms in total. The summed E-state index contributed by atoms with van der Waals surface area (Å²) >= 11 is 0. The third kappa shape index (κ3) is 5.68. The van der Waals surface area contributed by atoms with Gasteiger partial charge in [-0.05, 0) is 60.2 Å². The fourth-order valence-corrected chi connectivity index (χ4v) is 4.39. The van der Waals surface area contributed by atoms with E-state index in [4.69, 9.17) is 6.42 Å². The van der Waals surface area contributed by atoms with Crippen molar-refractivity contribution in [2.45, 2.75) is 73.3 Å². The summed E-state index contributed by atoms with van der Waals surface area (Å²) in [5.41, 5.74) is 5.99. The SMILES string of the molecule is C#CN(CC(C)CC(CC)NC(=C)CC)CC(C)C1=C2C(=C1)C2CC(C)C. The van der Waals surface area contributed by atoms with E-state index in [0.717, 1.165) is 49.9 Å². The Morgan fingerprint density at radius 1 is 1.26 bits per heavy atom. The summed E-state index contributed by atoms with van der Waals surface area (Å²) in [7, 11) is 0. The molecule has 0 aromatic rings. The van der Waals surface area contributed by atoms with Gasteiger partial charge in [-0.25, -0.2) is 0 Å². The van der Waals surface area contributed by atoms with Gasteiger partial charge < -0.3 is 10.2 Å². The van der Waals surface area contributed by atoms with Crippen molar-refractivity contribution < 1.29 is 0 Å². The highest BCUT2D eigenvalue weighted by atomic mass is 15.1. The summed E-state index contributed by atoms with van der Waals surface area (Å²) in [5, 5.41) is 3.57. The summed E-state index contributed by atoms with van der Waals surface area (Å²) in [4.78, 5) is 2.19. The zero-order valence-electron chi connectivity index (χ0n) is 18.4. The second-order valence-corrected chi connectivity index (χ2v) is 9.13. The van der Waals surface area contributed by atoms with E-state index < -0.39 is 0 Å². The van der Waals surface area contributed by atoms with Crippen LogP contribution in [0.25, 0.3) is 0 Å². The molecule has 1 saturated carbocycles. The number of nitrogens with one attached hydrogen (secondary N) is 1. The lowest BCUT2D eigenvalue weighted by molar-refractivity contribution is 0.284. The highest BCUT2D eigenvalue weighted by Crippen LogP contribution is 2.59. The van der Waals surface area contributed by atoms with Crippen molar-refractivity contribution in [2.75, 3.05) is 13.1 Å². The number of terminal acetylenes is 1. The molecule has 2 aliphatic rings. The maximum Gasteiger partial charge on any atom is 0.0326 e. The Kier molecular flexibility index (Phi) is 7.66. The number of hydrogen-bond donors (Lipinski definition) is 1. The fraction of sp³-hybridized carbons (Fsp3) is 0.680. The van der Waals surface area contributed by atoms with Crippen LogP contribution in [0.2, 0.25) is 0 Å². The predicted molar refractivity (Wildman–Crippen MR) is 118 cm³/mol. The van der Waals surface area contributed by atoms with Crippen LogP contribution in [0.4, 0.5) is 0 Å². The average molecular weight is 369 g/mol. The Labute approximate surface area is 168 Å². The third-order valence-corrected chi connectivity index (χ3v) is 6.04. The zero-order valence-corrected chi connectivity index (χ0v) is 18.4. The summed E-state index contributed by atoms with van der Waals surface area (Å²) in [6.07, 6.45) is 12.8. The van der Waals surface area contributed by atoms with Crippen LogP contribution in [0.3, 0.4) is 0 Å². The molecule has 0 saturated heterocycles. The van der Waals surface area contributed by atoms with Crippen molar-refractivity contribution in [1.29, 1.82) is 0 Å². The van der Waals surface area contributed by atoms with E-state index in [-0.39, 0.29) is 0 Å². The Morgan fingerprint density at radius 3 is 2.52 bits per heavy atom. The van der Waals surface area contributed by atoms with Gasteiger partial charge in [-0.1, -0.05) is 60.6 Å². The molecule has 0 spiro atoms. The van der Waals surface area contributed by atoms with Gasteiger partial charge in [0, 0.05) is 36.8 Å². The van der Waals surface area contributed by atoms with Crippen molar-refractivity contribution >= 4 is 0 Å². The molecule has 1 fully saturated rings. The van der Waals surface area contributed by atoms with E-state index in [0.29, 0.717) is 17.9 Å². The smallest absolute Gasteiger partial charge is 0.0326 e. The number of fused-ring (bicyclic) bond motifs is 1. The lowest BCUT2D eigenvalue weighted by atomic mass is 9.93. The van der Waals surface area contributed by atoms with E-state index in [1.807, 2.05) is 0 Å². The van der Waals surface area contributed by atoms with Crippen LogP contribution in [-0.4, -0.2) is 24.0 Å². The molecule has 0 aromatic carbocycles. The number of allylic oxidation sites excluding steroid dienone is 4. The Balaban J connectivity index is 1.81. The standard InChI is InChI=1S/C25H40N2/c1-9-20(8)26-21(10-2)13-18(6)15-27(11-3)16-19(7)22-14-24-23(25(22)24)12-17(4)5/h3,14,17-19,21,23,26H,8-10,12-13,15-16H2,1-2,4-7H3. The molecule has 0 aliphatic heterocycles. The average Bonchev–Trinajstić information content (AvgIpc) is 3.12. The van der Waals surface area contributed by atoms with Crippen LogP contribution in [0.15, 0.2) is 35.1 Å². The van der Waals surface area contributed by atoms with Crippen LogP contribution in [0.1, 0.15) is 67.2 Å². The number of nitrogens with zero attached hydrogens (tertiary/aromatic N) is 1. The predicted octanol–water partition coefficient (Wildman–Crippen LogP) is 5.75. The highest BCUT2D eigenvalue weighted by molar-refractivity contribution is 5.71. The lowest BCUT2D eigenvalue weighted by Crippen LogP contribution is -2.34. The van der Waals surface area contributed by atoms with Crippen molar-refractivity contribution in [2.24, 2.45) is 23.7 Å². The molecule has 0 amide bonds.